The fraction of sp³-hybridized carbons (Fsp3) is 0.667. The van der Waals surface area contributed by atoms with Crippen molar-refractivity contribution in [1.29, 1.82) is 0 Å². The van der Waals surface area contributed by atoms with Crippen molar-refractivity contribution in [3.8, 4) is 0 Å². The van der Waals surface area contributed by atoms with Gasteiger partial charge in [0.1, 0.15) is 0 Å². The lowest BCUT2D eigenvalue weighted by Gasteiger charge is -2.39. The van der Waals surface area contributed by atoms with Crippen LogP contribution in [0.2, 0.25) is 0 Å². The largest absolute Gasteiger partial charge is 0.354 e. The van der Waals surface area contributed by atoms with Crippen molar-refractivity contribution in [1.82, 2.24) is 20.4 Å². The molecule has 1 aromatic heterocycles. The molecule has 1 N–H and O–H groups in total. The van der Waals surface area contributed by atoms with Gasteiger partial charge >= 0.3 is 0 Å². The zero-order valence-corrected chi connectivity index (χ0v) is 14.5. The molecular formula is C18H26N4O2. The van der Waals surface area contributed by atoms with Crippen LogP contribution in [-0.2, 0) is 4.79 Å². The van der Waals surface area contributed by atoms with Gasteiger partial charge < -0.3 is 10.2 Å². The molecule has 1 aliphatic heterocycles. The summed E-state index contributed by atoms with van der Waals surface area (Å²) in [5.74, 6) is 0.370. The van der Waals surface area contributed by atoms with Gasteiger partial charge in [0.25, 0.3) is 5.91 Å². The first-order valence-electron chi connectivity index (χ1n) is 8.85. The third-order valence-electron chi connectivity index (χ3n) is 5.45. The number of carbonyl (C=O) groups excluding carboxylic acids is 2. The summed E-state index contributed by atoms with van der Waals surface area (Å²) in [5, 5.41) is 10.5. The minimum absolute atomic E-state index is 0.0341. The highest BCUT2D eigenvalue weighted by atomic mass is 16.2. The highest BCUT2D eigenvalue weighted by molar-refractivity contribution is 5.93. The number of likely N-dealkylation sites (tertiary alicyclic amines) is 1. The van der Waals surface area contributed by atoms with Gasteiger partial charge in [-0.05, 0) is 57.4 Å². The first-order chi connectivity index (χ1) is 11.5. The Labute approximate surface area is 143 Å². The Hall–Kier alpha value is -1.98. The normalized spacial score (nSPS) is 22.8. The number of hydrogen-bond donors (Lipinski definition) is 1. The Balaban J connectivity index is 1.56. The van der Waals surface area contributed by atoms with Crippen LogP contribution in [0.15, 0.2) is 18.5 Å². The van der Waals surface area contributed by atoms with Gasteiger partial charge in [-0.15, -0.1) is 0 Å². The first-order valence-corrected chi connectivity index (χ1v) is 8.85. The topological polar surface area (TPSA) is 75.2 Å². The number of carbonyl (C=O) groups is 2. The van der Waals surface area contributed by atoms with E-state index in [1.165, 1.54) is 6.20 Å². The molecule has 1 saturated carbocycles. The number of amides is 2. The minimum atomic E-state index is 0.0341. The van der Waals surface area contributed by atoms with E-state index in [0.29, 0.717) is 5.56 Å². The number of aromatic nitrogens is 2. The number of hydrogen-bond acceptors (Lipinski definition) is 4. The third kappa shape index (κ3) is 3.57. The molecule has 1 atom stereocenters. The summed E-state index contributed by atoms with van der Waals surface area (Å²) in [6.45, 7) is 5.53. The SMILES string of the molecule is CC(C)NC(=O)C1CCC2(CCN(C(=O)c3ccnnc3)CC2)C1. The van der Waals surface area contributed by atoms with Crippen LogP contribution in [0.3, 0.4) is 0 Å². The maximum atomic E-state index is 12.5. The Morgan fingerprint density at radius 1 is 1.25 bits per heavy atom. The summed E-state index contributed by atoms with van der Waals surface area (Å²) < 4.78 is 0. The van der Waals surface area contributed by atoms with Gasteiger partial charge in [0, 0.05) is 25.0 Å². The van der Waals surface area contributed by atoms with Crippen LogP contribution in [0, 0.1) is 11.3 Å². The number of piperidine rings is 1. The summed E-state index contributed by atoms with van der Waals surface area (Å²) in [5.41, 5.74) is 0.841. The molecule has 2 amide bonds. The van der Waals surface area contributed by atoms with Crippen LogP contribution in [0.5, 0.6) is 0 Å². The van der Waals surface area contributed by atoms with E-state index in [2.05, 4.69) is 15.5 Å². The molecule has 24 heavy (non-hydrogen) atoms. The molecule has 0 aromatic carbocycles. The molecular weight excluding hydrogens is 304 g/mol. The predicted molar refractivity (Wildman–Crippen MR) is 90.2 cm³/mol. The van der Waals surface area contributed by atoms with Crippen molar-refractivity contribution in [2.24, 2.45) is 11.3 Å². The van der Waals surface area contributed by atoms with E-state index in [-0.39, 0.29) is 29.2 Å². The average molecular weight is 330 g/mol. The molecule has 6 nitrogen and oxygen atoms in total. The van der Waals surface area contributed by atoms with E-state index in [1.54, 1.807) is 12.3 Å². The molecule has 2 fully saturated rings. The Morgan fingerprint density at radius 2 is 2.00 bits per heavy atom. The van der Waals surface area contributed by atoms with E-state index in [9.17, 15) is 9.59 Å². The fourth-order valence-electron chi connectivity index (χ4n) is 4.07. The molecule has 2 heterocycles. The summed E-state index contributed by atoms with van der Waals surface area (Å²) in [6.07, 6.45) is 8.08. The quantitative estimate of drug-likeness (QED) is 0.920. The van der Waals surface area contributed by atoms with Crippen molar-refractivity contribution in [3.05, 3.63) is 24.0 Å². The Bertz CT molecular complexity index is 594. The second-order valence-corrected chi connectivity index (χ2v) is 7.53. The summed E-state index contributed by atoms with van der Waals surface area (Å²) in [6, 6.07) is 1.91. The van der Waals surface area contributed by atoms with E-state index in [4.69, 9.17) is 0 Å². The standard InChI is InChI=1S/C18H26N4O2/c1-13(2)21-16(23)14-3-5-18(11-14)6-9-22(10-7-18)17(24)15-4-8-19-20-12-15/h4,8,12-14H,3,5-7,9-11H2,1-2H3,(H,21,23). The second-order valence-electron chi connectivity index (χ2n) is 7.53. The van der Waals surface area contributed by atoms with Crippen molar-refractivity contribution in [2.75, 3.05) is 13.1 Å². The molecule has 1 aromatic rings. The van der Waals surface area contributed by atoms with E-state index >= 15 is 0 Å². The van der Waals surface area contributed by atoms with Crippen LogP contribution >= 0.6 is 0 Å². The van der Waals surface area contributed by atoms with Gasteiger partial charge in [-0.1, -0.05) is 0 Å². The molecule has 2 aliphatic rings. The van der Waals surface area contributed by atoms with Crippen molar-refractivity contribution in [2.45, 2.75) is 52.0 Å². The highest BCUT2D eigenvalue weighted by Crippen LogP contribution is 2.49. The molecule has 0 radical (unpaired) electrons. The monoisotopic (exact) mass is 330 g/mol. The fourth-order valence-corrected chi connectivity index (χ4v) is 4.07. The maximum absolute atomic E-state index is 12.5. The molecule has 1 saturated heterocycles. The smallest absolute Gasteiger partial charge is 0.255 e. The van der Waals surface area contributed by atoms with Gasteiger partial charge in [0.2, 0.25) is 5.91 Å². The molecule has 6 heteroatoms. The average Bonchev–Trinajstić information content (AvgIpc) is 2.99. The minimum Gasteiger partial charge on any atom is -0.354 e. The lowest BCUT2D eigenvalue weighted by atomic mass is 9.76. The third-order valence-corrected chi connectivity index (χ3v) is 5.45. The van der Waals surface area contributed by atoms with Crippen molar-refractivity contribution >= 4 is 11.8 Å². The van der Waals surface area contributed by atoms with Crippen LogP contribution in [0.1, 0.15) is 56.3 Å². The van der Waals surface area contributed by atoms with E-state index in [1.807, 2.05) is 18.7 Å². The van der Waals surface area contributed by atoms with Gasteiger partial charge in [-0.3, -0.25) is 9.59 Å². The van der Waals surface area contributed by atoms with Gasteiger partial charge in [0.15, 0.2) is 0 Å². The van der Waals surface area contributed by atoms with Gasteiger partial charge in [-0.25, -0.2) is 0 Å². The van der Waals surface area contributed by atoms with Crippen LogP contribution in [0.4, 0.5) is 0 Å². The zero-order valence-electron chi connectivity index (χ0n) is 14.5. The second kappa shape index (κ2) is 6.87. The predicted octanol–water partition coefficient (Wildman–Crippen LogP) is 2.02. The Kier molecular flexibility index (Phi) is 4.83. The van der Waals surface area contributed by atoms with Gasteiger partial charge in [-0.2, -0.15) is 10.2 Å². The van der Waals surface area contributed by atoms with Crippen LogP contribution in [-0.4, -0.2) is 46.0 Å². The summed E-state index contributed by atoms with van der Waals surface area (Å²) >= 11 is 0. The van der Waals surface area contributed by atoms with Gasteiger partial charge in [0.05, 0.1) is 18.0 Å². The lowest BCUT2D eigenvalue weighted by molar-refractivity contribution is -0.125. The molecule has 0 bridgehead atoms. The van der Waals surface area contributed by atoms with E-state index in [0.717, 1.165) is 45.2 Å². The molecule has 1 spiro atoms. The van der Waals surface area contributed by atoms with E-state index < -0.39 is 0 Å². The molecule has 1 unspecified atom stereocenters. The van der Waals surface area contributed by atoms with Crippen LogP contribution in [0.25, 0.3) is 0 Å². The number of rotatable bonds is 3. The Morgan fingerprint density at radius 3 is 2.62 bits per heavy atom. The summed E-state index contributed by atoms with van der Waals surface area (Å²) in [4.78, 5) is 26.6. The molecule has 130 valence electrons. The first kappa shape index (κ1) is 16.9. The lowest BCUT2D eigenvalue weighted by Crippen LogP contribution is -2.43. The highest BCUT2D eigenvalue weighted by Gasteiger charge is 2.44. The molecule has 1 aliphatic carbocycles. The number of nitrogens with one attached hydrogen (secondary N) is 1. The van der Waals surface area contributed by atoms with Crippen molar-refractivity contribution < 1.29 is 9.59 Å². The maximum Gasteiger partial charge on any atom is 0.255 e. The van der Waals surface area contributed by atoms with Crippen molar-refractivity contribution in [3.63, 3.8) is 0 Å². The molecule has 3 rings (SSSR count). The zero-order chi connectivity index (χ0) is 17.2. The number of nitrogens with zero attached hydrogens (tertiary/aromatic N) is 3. The van der Waals surface area contributed by atoms with Crippen LogP contribution < -0.4 is 5.32 Å². The summed E-state index contributed by atoms with van der Waals surface area (Å²) in [7, 11) is 0.